The van der Waals surface area contributed by atoms with Crippen molar-refractivity contribution in [2.75, 3.05) is 5.32 Å². The van der Waals surface area contributed by atoms with Gasteiger partial charge in [0, 0.05) is 27.5 Å². The van der Waals surface area contributed by atoms with Crippen LogP contribution in [0.2, 0.25) is 0 Å². The third-order valence-electron chi connectivity index (χ3n) is 8.71. The van der Waals surface area contributed by atoms with E-state index in [1.165, 1.54) is 10.9 Å². The van der Waals surface area contributed by atoms with Crippen LogP contribution in [0.15, 0.2) is 152 Å². The van der Waals surface area contributed by atoms with Gasteiger partial charge in [-0.3, -0.25) is 0 Å². The van der Waals surface area contributed by atoms with Crippen LogP contribution in [0.25, 0.3) is 66.2 Å². The lowest BCUT2D eigenvalue weighted by molar-refractivity contribution is 0.260. The predicted molar refractivity (Wildman–Crippen MR) is 184 cm³/mol. The SMILES string of the molecule is c1ccc(-c2ccc3ccc4ccc(-c5ccc(-c6ccc7c(c6)NC(c6ccccc6)O7)c6ccccc56)nc4c3n2)cc1. The molecule has 0 spiro atoms. The van der Waals surface area contributed by atoms with E-state index in [2.05, 4.69) is 121 Å². The van der Waals surface area contributed by atoms with Crippen molar-refractivity contribution in [1.29, 1.82) is 0 Å². The highest BCUT2D eigenvalue weighted by Crippen LogP contribution is 2.42. The first-order chi connectivity index (χ1) is 22.3. The first-order valence-electron chi connectivity index (χ1n) is 15.2. The summed E-state index contributed by atoms with van der Waals surface area (Å²) in [6.45, 7) is 0. The summed E-state index contributed by atoms with van der Waals surface area (Å²) < 4.78 is 6.22. The fourth-order valence-corrected chi connectivity index (χ4v) is 6.45. The van der Waals surface area contributed by atoms with E-state index in [9.17, 15) is 0 Å². The maximum atomic E-state index is 6.22. The van der Waals surface area contributed by atoms with Crippen molar-refractivity contribution in [3.05, 3.63) is 157 Å². The smallest absolute Gasteiger partial charge is 0.196 e. The Balaban J connectivity index is 1.14. The van der Waals surface area contributed by atoms with E-state index in [1.807, 2.05) is 36.4 Å². The van der Waals surface area contributed by atoms with Gasteiger partial charge >= 0.3 is 0 Å². The molecule has 1 atom stereocenters. The van der Waals surface area contributed by atoms with E-state index >= 15 is 0 Å². The van der Waals surface area contributed by atoms with Crippen molar-refractivity contribution in [3.8, 4) is 39.4 Å². The lowest BCUT2D eigenvalue weighted by atomic mass is 9.93. The molecule has 8 aromatic rings. The summed E-state index contributed by atoms with van der Waals surface area (Å²) in [6, 6.07) is 52.7. The number of nitrogens with zero attached hydrogens (tertiary/aromatic N) is 2. The number of nitrogens with one attached hydrogen (secondary N) is 1. The molecule has 9 rings (SSSR count). The molecule has 45 heavy (non-hydrogen) atoms. The van der Waals surface area contributed by atoms with Crippen molar-refractivity contribution in [1.82, 2.24) is 9.97 Å². The molecule has 4 heteroatoms. The summed E-state index contributed by atoms with van der Waals surface area (Å²) in [4.78, 5) is 10.4. The largest absolute Gasteiger partial charge is 0.464 e. The number of hydrogen-bond acceptors (Lipinski definition) is 4. The van der Waals surface area contributed by atoms with Crippen molar-refractivity contribution < 1.29 is 4.74 Å². The van der Waals surface area contributed by atoms with E-state index in [4.69, 9.17) is 14.7 Å². The number of fused-ring (bicyclic) bond motifs is 5. The highest BCUT2D eigenvalue weighted by atomic mass is 16.5. The van der Waals surface area contributed by atoms with Gasteiger partial charge in [0.1, 0.15) is 5.75 Å². The molecule has 3 heterocycles. The Morgan fingerprint density at radius 1 is 0.489 bits per heavy atom. The van der Waals surface area contributed by atoms with Gasteiger partial charge in [0.05, 0.1) is 28.1 Å². The summed E-state index contributed by atoms with van der Waals surface area (Å²) in [6.07, 6.45) is -0.191. The maximum Gasteiger partial charge on any atom is 0.196 e. The van der Waals surface area contributed by atoms with Crippen molar-refractivity contribution in [3.63, 3.8) is 0 Å². The van der Waals surface area contributed by atoms with E-state index in [-0.39, 0.29) is 6.23 Å². The van der Waals surface area contributed by atoms with Crippen LogP contribution in [0.3, 0.4) is 0 Å². The molecular weight excluding hydrogens is 550 g/mol. The molecule has 4 nitrogen and oxygen atoms in total. The minimum absolute atomic E-state index is 0.191. The van der Waals surface area contributed by atoms with Gasteiger partial charge in [-0.25, -0.2) is 9.97 Å². The fourth-order valence-electron chi connectivity index (χ4n) is 6.45. The van der Waals surface area contributed by atoms with Crippen molar-refractivity contribution in [2.24, 2.45) is 0 Å². The second-order valence-electron chi connectivity index (χ2n) is 11.4. The van der Waals surface area contributed by atoms with Crippen LogP contribution in [-0.4, -0.2) is 9.97 Å². The molecule has 2 aromatic heterocycles. The second kappa shape index (κ2) is 10.3. The highest BCUT2D eigenvalue weighted by Gasteiger charge is 2.24. The first kappa shape index (κ1) is 25.5. The predicted octanol–water partition coefficient (Wildman–Crippen LogP) is 10.4. The average molecular weight is 578 g/mol. The van der Waals surface area contributed by atoms with Gasteiger partial charge in [-0.15, -0.1) is 0 Å². The van der Waals surface area contributed by atoms with Crippen LogP contribution in [0.5, 0.6) is 5.75 Å². The lowest BCUT2D eigenvalue weighted by Crippen LogP contribution is -2.09. The van der Waals surface area contributed by atoms with Gasteiger partial charge in [0.15, 0.2) is 6.23 Å². The first-order valence-corrected chi connectivity index (χ1v) is 15.2. The monoisotopic (exact) mass is 577 g/mol. The Hall–Kier alpha value is -6.00. The number of hydrogen-bond donors (Lipinski definition) is 1. The molecule has 1 aliphatic rings. The Bertz CT molecular complexity index is 2390. The molecule has 0 saturated heterocycles. The van der Waals surface area contributed by atoms with E-state index in [0.29, 0.717) is 0 Å². The third kappa shape index (κ3) is 4.38. The maximum absolute atomic E-state index is 6.22. The second-order valence-corrected chi connectivity index (χ2v) is 11.4. The minimum Gasteiger partial charge on any atom is -0.464 e. The van der Waals surface area contributed by atoms with Crippen LogP contribution in [-0.2, 0) is 0 Å². The van der Waals surface area contributed by atoms with Crippen LogP contribution in [0.1, 0.15) is 11.8 Å². The molecule has 0 saturated carbocycles. The zero-order valence-electron chi connectivity index (χ0n) is 24.3. The molecule has 1 unspecified atom stereocenters. The molecule has 0 aliphatic carbocycles. The Labute approximate surface area is 260 Å². The number of anilines is 1. The summed E-state index contributed by atoms with van der Waals surface area (Å²) in [5.74, 6) is 0.866. The summed E-state index contributed by atoms with van der Waals surface area (Å²) in [7, 11) is 0. The Morgan fingerprint density at radius 3 is 1.84 bits per heavy atom. The quantitative estimate of drug-likeness (QED) is 0.211. The molecule has 1 aliphatic heterocycles. The molecule has 0 fully saturated rings. The third-order valence-corrected chi connectivity index (χ3v) is 8.71. The van der Waals surface area contributed by atoms with E-state index in [1.54, 1.807) is 0 Å². The molecule has 212 valence electrons. The number of rotatable bonds is 4. The Kier molecular flexibility index (Phi) is 5.85. The van der Waals surface area contributed by atoms with Crippen LogP contribution >= 0.6 is 0 Å². The molecule has 0 radical (unpaired) electrons. The number of pyridine rings is 2. The van der Waals surface area contributed by atoms with Crippen molar-refractivity contribution in [2.45, 2.75) is 6.23 Å². The number of aromatic nitrogens is 2. The van der Waals surface area contributed by atoms with Gasteiger partial charge in [0.25, 0.3) is 0 Å². The average Bonchev–Trinajstić information content (AvgIpc) is 3.55. The van der Waals surface area contributed by atoms with E-state index in [0.717, 1.165) is 72.3 Å². The van der Waals surface area contributed by atoms with Gasteiger partial charge in [-0.1, -0.05) is 127 Å². The summed E-state index contributed by atoms with van der Waals surface area (Å²) in [5.41, 5.74) is 10.3. The Morgan fingerprint density at radius 2 is 1.09 bits per heavy atom. The number of benzene rings is 6. The fraction of sp³-hybridized carbons (Fsp3) is 0.0244. The van der Waals surface area contributed by atoms with Crippen molar-refractivity contribution >= 4 is 38.3 Å². The lowest BCUT2D eigenvalue weighted by Gasteiger charge is -2.13. The van der Waals surface area contributed by atoms with Gasteiger partial charge in [0.2, 0.25) is 0 Å². The van der Waals surface area contributed by atoms with Crippen LogP contribution < -0.4 is 10.1 Å². The topological polar surface area (TPSA) is 47.0 Å². The van der Waals surface area contributed by atoms with Gasteiger partial charge in [-0.05, 0) is 46.2 Å². The molecule has 0 bridgehead atoms. The summed E-state index contributed by atoms with van der Waals surface area (Å²) in [5, 5.41) is 8.05. The molecular formula is C41H27N3O. The van der Waals surface area contributed by atoms with Gasteiger partial charge in [-0.2, -0.15) is 0 Å². The zero-order valence-corrected chi connectivity index (χ0v) is 24.3. The normalized spacial score (nSPS) is 13.9. The molecule has 0 amide bonds. The van der Waals surface area contributed by atoms with E-state index < -0.39 is 0 Å². The number of ether oxygens (including phenoxy) is 1. The zero-order chi connectivity index (χ0) is 29.7. The van der Waals surface area contributed by atoms with Crippen LogP contribution in [0.4, 0.5) is 5.69 Å². The standard InChI is InChI=1S/C41H27N3O/c1-3-9-26(10-4-1)35-22-17-27-15-16-28-18-23-36(43-40(28)39(27)42-35)34-21-20-31(32-13-7-8-14-33(32)34)30-19-24-38-37(25-30)44-41(45-38)29-11-5-2-6-12-29/h1-25,41,44H. The highest BCUT2D eigenvalue weighted by molar-refractivity contribution is 6.07. The molecule has 6 aromatic carbocycles. The minimum atomic E-state index is -0.191. The van der Waals surface area contributed by atoms with Crippen LogP contribution in [0, 0.1) is 0 Å². The summed E-state index contributed by atoms with van der Waals surface area (Å²) >= 11 is 0. The van der Waals surface area contributed by atoms with Gasteiger partial charge < -0.3 is 10.1 Å². The molecule has 1 N–H and O–H groups in total.